The second-order valence-corrected chi connectivity index (χ2v) is 3.44. The van der Waals surface area contributed by atoms with Crippen molar-refractivity contribution < 1.29 is 14.9 Å². The topological polar surface area (TPSA) is 49.7 Å². The van der Waals surface area contributed by atoms with Gasteiger partial charge in [0, 0.05) is 6.42 Å². The summed E-state index contributed by atoms with van der Waals surface area (Å²) in [6, 6.07) is 0. The van der Waals surface area contributed by atoms with E-state index in [2.05, 4.69) is 13.8 Å². The van der Waals surface area contributed by atoms with Crippen LogP contribution in [-0.2, 0) is 4.74 Å². The number of ether oxygens (including phenoxy) is 1. The van der Waals surface area contributed by atoms with Gasteiger partial charge in [0.05, 0.1) is 18.8 Å². The van der Waals surface area contributed by atoms with Crippen LogP contribution in [0.3, 0.4) is 0 Å². The van der Waals surface area contributed by atoms with E-state index in [9.17, 15) is 5.11 Å². The lowest BCUT2D eigenvalue weighted by Crippen LogP contribution is -2.24. The van der Waals surface area contributed by atoms with Crippen molar-refractivity contribution in [3.8, 4) is 0 Å². The monoisotopic (exact) mass is 176 g/mol. The van der Waals surface area contributed by atoms with Crippen molar-refractivity contribution in [3.63, 3.8) is 0 Å². The van der Waals surface area contributed by atoms with Gasteiger partial charge in [-0.3, -0.25) is 0 Å². The first-order valence-corrected chi connectivity index (χ1v) is 4.09. The summed E-state index contributed by atoms with van der Waals surface area (Å²) in [6.45, 7) is 4.03. The van der Waals surface area contributed by atoms with Gasteiger partial charge in [-0.25, -0.2) is 0 Å². The molecule has 0 aromatic carbocycles. The summed E-state index contributed by atoms with van der Waals surface area (Å²) in [4.78, 5) is 0. The van der Waals surface area contributed by atoms with Crippen LogP contribution in [0, 0.1) is 5.92 Å². The van der Waals surface area contributed by atoms with E-state index in [-0.39, 0.29) is 26.2 Å². The number of hydrogen-bond donors (Lipinski definition) is 2. The minimum atomic E-state index is -0.479. The molecule has 1 unspecified atom stereocenters. The van der Waals surface area contributed by atoms with Gasteiger partial charge in [-0.1, -0.05) is 21.3 Å². The summed E-state index contributed by atoms with van der Waals surface area (Å²) in [5, 5.41) is 18.1. The Morgan fingerprint density at radius 1 is 1.50 bits per heavy atom. The smallest absolute Gasteiger partial charge is 0.107 e. The van der Waals surface area contributed by atoms with E-state index in [1.807, 2.05) is 0 Å². The Morgan fingerprint density at radius 3 is 2.33 bits per heavy atom. The Balaban J connectivity index is 0.00000121. The zero-order valence-electron chi connectivity index (χ0n) is 7.03. The van der Waals surface area contributed by atoms with Crippen molar-refractivity contribution >= 4 is 0 Å². The maximum Gasteiger partial charge on any atom is 0.107 e. The highest BCUT2D eigenvalue weighted by atomic mass is 16.5. The van der Waals surface area contributed by atoms with E-state index in [1.165, 1.54) is 0 Å². The summed E-state index contributed by atoms with van der Waals surface area (Å²) in [6.07, 6.45) is -0.0694. The quantitative estimate of drug-likeness (QED) is 0.654. The first kappa shape index (κ1) is 11.9. The van der Waals surface area contributed by atoms with Crippen LogP contribution in [0.15, 0.2) is 0 Å². The SMILES string of the molecule is C.CC(C)[C@H]1CC(O)[C@@H](CO)O1. The summed E-state index contributed by atoms with van der Waals surface area (Å²) < 4.78 is 5.38. The normalized spacial score (nSPS) is 35.2. The van der Waals surface area contributed by atoms with E-state index in [4.69, 9.17) is 9.84 Å². The molecule has 1 heterocycles. The van der Waals surface area contributed by atoms with Crippen LogP contribution < -0.4 is 0 Å². The number of aliphatic hydroxyl groups excluding tert-OH is 2. The Labute approximate surface area is 74.4 Å². The molecular formula is C9H20O3. The van der Waals surface area contributed by atoms with Gasteiger partial charge >= 0.3 is 0 Å². The predicted molar refractivity (Wildman–Crippen MR) is 47.9 cm³/mol. The van der Waals surface area contributed by atoms with Crippen LogP contribution in [0.2, 0.25) is 0 Å². The third kappa shape index (κ3) is 2.44. The average molecular weight is 176 g/mol. The van der Waals surface area contributed by atoms with Crippen LogP contribution >= 0.6 is 0 Å². The standard InChI is InChI=1S/C8H16O3.CH4/c1-5(2)7-3-6(10)8(4-9)11-7;/h5-10H,3-4H2,1-2H3;1H4/t6?,7-,8-;/m1./s1. The number of hydrogen-bond acceptors (Lipinski definition) is 3. The Morgan fingerprint density at radius 2 is 2.08 bits per heavy atom. The van der Waals surface area contributed by atoms with Crippen LogP contribution in [-0.4, -0.2) is 35.1 Å². The molecule has 1 aliphatic heterocycles. The van der Waals surface area contributed by atoms with Crippen molar-refractivity contribution in [2.45, 2.75) is 46.0 Å². The van der Waals surface area contributed by atoms with Gasteiger partial charge in [0.1, 0.15) is 6.10 Å². The molecule has 3 atom stereocenters. The van der Waals surface area contributed by atoms with Crippen LogP contribution in [0.4, 0.5) is 0 Å². The van der Waals surface area contributed by atoms with E-state index >= 15 is 0 Å². The van der Waals surface area contributed by atoms with Gasteiger partial charge in [0.25, 0.3) is 0 Å². The van der Waals surface area contributed by atoms with Gasteiger partial charge in [0.2, 0.25) is 0 Å². The van der Waals surface area contributed by atoms with Crippen molar-refractivity contribution in [2.75, 3.05) is 6.61 Å². The molecule has 3 nitrogen and oxygen atoms in total. The molecule has 0 aliphatic carbocycles. The fourth-order valence-corrected chi connectivity index (χ4v) is 1.35. The van der Waals surface area contributed by atoms with Gasteiger partial charge in [0.15, 0.2) is 0 Å². The maximum absolute atomic E-state index is 9.32. The van der Waals surface area contributed by atoms with Crippen molar-refractivity contribution in [1.29, 1.82) is 0 Å². The molecule has 1 fully saturated rings. The molecule has 0 aromatic rings. The average Bonchev–Trinajstić information content (AvgIpc) is 2.31. The van der Waals surface area contributed by atoms with Crippen LogP contribution in [0.25, 0.3) is 0 Å². The lowest BCUT2D eigenvalue weighted by atomic mass is 10.0. The molecule has 0 amide bonds. The molecule has 0 saturated carbocycles. The third-order valence-electron chi connectivity index (χ3n) is 2.18. The Kier molecular flexibility index (Phi) is 4.75. The zero-order valence-corrected chi connectivity index (χ0v) is 7.03. The van der Waals surface area contributed by atoms with Gasteiger partial charge in [-0.2, -0.15) is 0 Å². The first-order valence-electron chi connectivity index (χ1n) is 4.09. The minimum Gasteiger partial charge on any atom is -0.394 e. The van der Waals surface area contributed by atoms with Gasteiger partial charge in [-0.15, -0.1) is 0 Å². The minimum absolute atomic E-state index is 0. The third-order valence-corrected chi connectivity index (χ3v) is 2.18. The van der Waals surface area contributed by atoms with Gasteiger partial charge in [-0.05, 0) is 5.92 Å². The summed E-state index contributed by atoms with van der Waals surface area (Å²) in [5.41, 5.74) is 0. The molecule has 0 aromatic heterocycles. The molecule has 1 saturated heterocycles. The molecule has 3 heteroatoms. The van der Waals surface area contributed by atoms with Crippen LogP contribution in [0.5, 0.6) is 0 Å². The van der Waals surface area contributed by atoms with E-state index in [1.54, 1.807) is 0 Å². The second kappa shape index (κ2) is 4.80. The van der Waals surface area contributed by atoms with E-state index in [0.29, 0.717) is 12.3 Å². The van der Waals surface area contributed by atoms with Crippen molar-refractivity contribution in [1.82, 2.24) is 0 Å². The number of aliphatic hydroxyl groups is 2. The first-order chi connectivity index (χ1) is 5.15. The Bertz CT molecular complexity index is 125. The van der Waals surface area contributed by atoms with Crippen molar-refractivity contribution in [3.05, 3.63) is 0 Å². The largest absolute Gasteiger partial charge is 0.394 e. The Hall–Kier alpha value is -0.120. The molecule has 0 spiro atoms. The summed E-state index contributed by atoms with van der Waals surface area (Å²) >= 11 is 0. The number of rotatable bonds is 2. The highest BCUT2D eigenvalue weighted by Gasteiger charge is 2.34. The van der Waals surface area contributed by atoms with Crippen molar-refractivity contribution in [2.24, 2.45) is 5.92 Å². The lowest BCUT2D eigenvalue weighted by Gasteiger charge is -2.14. The van der Waals surface area contributed by atoms with E-state index in [0.717, 1.165) is 0 Å². The molecule has 12 heavy (non-hydrogen) atoms. The summed E-state index contributed by atoms with van der Waals surface area (Å²) in [7, 11) is 0. The summed E-state index contributed by atoms with van der Waals surface area (Å²) in [5.74, 6) is 0.418. The van der Waals surface area contributed by atoms with Crippen LogP contribution in [0.1, 0.15) is 27.7 Å². The molecule has 0 radical (unpaired) electrons. The molecular weight excluding hydrogens is 156 g/mol. The molecule has 1 aliphatic rings. The fraction of sp³-hybridized carbons (Fsp3) is 1.00. The molecule has 2 N–H and O–H groups in total. The molecule has 0 bridgehead atoms. The molecule has 1 rings (SSSR count). The molecule has 74 valence electrons. The highest BCUT2D eigenvalue weighted by molar-refractivity contribution is 4.82. The predicted octanol–water partition coefficient (Wildman–Crippen LogP) is 0.789. The highest BCUT2D eigenvalue weighted by Crippen LogP contribution is 2.25. The van der Waals surface area contributed by atoms with E-state index < -0.39 is 6.10 Å². The second-order valence-electron chi connectivity index (χ2n) is 3.44. The zero-order chi connectivity index (χ0) is 8.43. The fourth-order valence-electron chi connectivity index (χ4n) is 1.35. The van der Waals surface area contributed by atoms with Gasteiger partial charge < -0.3 is 14.9 Å². The lowest BCUT2D eigenvalue weighted by molar-refractivity contribution is -0.0335. The maximum atomic E-state index is 9.32.